The van der Waals surface area contributed by atoms with Crippen LogP contribution in [0.2, 0.25) is 0 Å². The summed E-state index contributed by atoms with van der Waals surface area (Å²) in [5.41, 5.74) is 0. The second-order valence-corrected chi connectivity index (χ2v) is 5.18. The fraction of sp³-hybridized carbons (Fsp3) is 0.667. The van der Waals surface area contributed by atoms with Crippen LogP contribution in [0, 0.1) is 5.92 Å². The molecule has 0 aliphatic carbocycles. The molecule has 0 aliphatic rings. The maximum absolute atomic E-state index is 3.22. The summed E-state index contributed by atoms with van der Waals surface area (Å²) >= 11 is 1.97. The van der Waals surface area contributed by atoms with Crippen molar-refractivity contribution in [3.05, 3.63) is 21.9 Å². The molecule has 1 heterocycles. The maximum Gasteiger partial charge on any atom is 0.00482 e. The molecule has 1 aromatic heterocycles. The van der Waals surface area contributed by atoms with Gasteiger partial charge in [0.25, 0.3) is 0 Å². The van der Waals surface area contributed by atoms with Gasteiger partial charge >= 0.3 is 0 Å². The van der Waals surface area contributed by atoms with E-state index in [0.29, 0.717) is 0 Å². The zero-order valence-corrected chi connectivity index (χ0v) is 10.3. The predicted molar refractivity (Wildman–Crippen MR) is 65.1 cm³/mol. The van der Waals surface area contributed by atoms with Crippen LogP contribution in [0.4, 0.5) is 0 Å². The third-order valence-corrected chi connectivity index (χ3v) is 3.79. The van der Waals surface area contributed by atoms with Crippen LogP contribution in [0.5, 0.6) is 0 Å². The number of hydrogen-bond donors (Lipinski definition) is 1. The van der Waals surface area contributed by atoms with Crippen LogP contribution in [-0.2, 0) is 12.8 Å². The maximum atomic E-state index is 3.22. The summed E-state index contributed by atoms with van der Waals surface area (Å²) in [6.45, 7) is 5.66. The first-order valence-electron chi connectivity index (χ1n) is 5.48. The molecule has 1 unspecified atom stereocenters. The molecule has 0 fully saturated rings. The van der Waals surface area contributed by atoms with E-state index in [2.05, 4.69) is 31.3 Å². The Labute approximate surface area is 91.5 Å². The molecule has 0 spiro atoms. The van der Waals surface area contributed by atoms with E-state index in [9.17, 15) is 0 Å². The normalized spacial score (nSPS) is 13.1. The Morgan fingerprint density at radius 2 is 2.07 bits per heavy atom. The van der Waals surface area contributed by atoms with Gasteiger partial charge in [0.15, 0.2) is 0 Å². The average Bonchev–Trinajstić information content (AvgIpc) is 2.63. The Morgan fingerprint density at radius 3 is 2.64 bits per heavy atom. The van der Waals surface area contributed by atoms with Crippen LogP contribution >= 0.6 is 11.3 Å². The summed E-state index contributed by atoms with van der Waals surface area (Å²) in [7, 11) is 2.02. The molecular weight excluding hydrogens is 190 g/mol. The fourth-order valence-corrected chi connectivity index (χ4v) is 2.56. The SMILES string of the molecule is CCc1ccc(CCC(C)CNC)s1. The second kappa shape index (κ2) is 6.20. The third kappa shape index (κ3) is 3.81. The van der Waals surface area contributed by atoms with E-state index in [1.54, 1.807) is 4.88 Å². The number of thiophene rings is 1. The molecular formula is C12H21NS. The topological polar surface area (TPSA) is 12.0 Å². The zero-order valence-electron chi connectivity index (χ0n) is 9.47. The van der Waals surface area contributed by atoms with Crippen molar-refractivity contribution >= 4 is 11.3 Å². The molecule has 2 heteroatoms. The Kier molecular flexibility index (Phi) is 5.20. The molecule has 0 amide bonds. The van der Waals surface area contributed by atoms with E-state index in [1.807, 2.05) is 18.4 Å². The lowest BCUT2D eigenvalue weighted by atomic mass is 10.1. The Morgan fingerprint density at radius 1 is 1.36 bits per heavy atom. The standard InChI is InChI=1S/C12H21NS/c1-4-11-7-8-12(14-11)6-5-10(2)9-13-3/h7-8,10,13H,4-6,9H2,1-3H3. The number of aryl methyl sites for hydroxylation is 2. The lowest BCUT2D eigenvalue weighted by molar-refractivity contribution is 0.506. The van der Waals surface area contributed by atoms with Gasteiger partial charge in [-0.3, -0.25) is 0 Å². The first kappa shape index (κ1) is 11.7. The van der Waals surface area contributed by atoms with Gasteiger partial charge in [-0.05, 0) is 50.9 Å². The molecule has 0 radical (unpaired) electrons. The van der Waals surface area contributed by atoms with Gasteiger partial charge in [-0.1, -0.05) is 13.8 Å². The van der Waals surface area contributed by atoms with E-state index in [-0.39, 0.29) is 0 Å². The van der Waals surface area contributed by atoms with Crippen LogP contribution in [0.1, 0.15) is 30.0 Å². The summed E-state index contributed by atoms with van der Waals surface area (Å²) in [5, 5.41) is 3.22. The summed E-state index contributed by atoms with van der Waals surface area (Å²) in [6, 6.07) is 4.55. The third-order valence-electron chi connectivity index (χ3n) is 2.50. The van der Waals surface area contributed by atoms with E-state index < -0.39 is 0 Å². The highest BCUT2D eigenvalue weighted by molar-refractivity contribution is 7.11. The second-order valence-electron chi connectivity index (χ2n) is 3.92. The lowest BCUT2D eigenvalue weighted by Crippen LogP contribution is -2.16. The highest BCUT2D eigenvalue weighted by Crippen LogP contribution is 2.19. The first-order chi connectivity index (χ1) is 6.76. The quantitative estimate of drug-likeness (QED) is 0.762. The summed E-state index contributed by atoms with van der Waals surface area (Å²) < 4.78 is 0. The van der Waals surface area contributed by atoms with Gasteiger partial charge in [0.1, 0.15) is 0 Å². The Hall–Kier alpha value is -0.340. The van der Waals surface area contributed by atoms with Crippen LogP contribution in [0.3, 0.4) is 0 Å². The van der Waals surface area contributed by atoms with Gasteiger partial charge in [0.2, 0.25) is 0 Å². The molecule has 0 aliphatic heterocycles. The van der Waals surface area contributed by atoms with Crippen molar-refractivity contribution in [2.45, 2.75) is 33.1 Å². The van der Waals surface area contributed by atoms with Crippen molar-refractivity contribution in [2.24, 2.45) is 5.92 Å². The van der Waals surface area contributed by atoms with Crippen LogP contribution < -0.4 is 5.32 Å². The molecule has 1 N–H and O–H groups in total. The molecule has 1 rings (SSSR count). The summed E-state index contributed by atoms with van der Waals surface area (Å²) in [5.74, 6) is 0.784. The van der Waals surface area contributed by atoms with Crippen molar-refractivity contribution in [3.8, 4) is 0 Å². The first-order valence-corrected chi connectivity index (χ1v) is 6.30. The van der Waals surface area contributed by atoms with Crippen molar-refractivity contribution < 1.29 is 0 Å². The van der Waals surface area contributed by atoms with Crippen LogP contribution in [0.25, 0.3) is 0 Å². The largest absolute Gasteiger partial charge is 0.319 e. The Balaban J connectivity index is 2.30. The predicted octanol–water partition coefficient (Wildman–Crippen LogP) is 3.10. The summed E-state index contributed by atoms with van der Waals surface area (Å²) in [4.78, 5) is 3.06. The van der Waals surface area contributed by atoms with Gasteiger partial charge in [0, 0.05) is 9.75 Å². The smallest absolute Gasteiger partial charge is 0.00482 e. The van der Waals surface area contributed by atoms with Gasteiger partial charge in [-0.15, -0.1) is 11.3 Å². The van der Waals surface area contributed by atoms with Gasteiger partial charge < -0.3 is 5.32 Å². The molecule has 1 atom stereocenters. The van der Waals surface area contributed by atoms with Gasteiger partial charge in [-0.25, -0.2) is 0 Å². The Bertz CT molecular complexity index is 255. The molecule has 0 saturated heterocycles. The molecule has 0 saturated carbocycles. The van der Waals surface area contributed by atoms with E-state index in [1.165, 1.54) is 24.1 Å². The van der Waals surface area contributed by atoms with Gasteiger partial charge in [0.05, 0.1) is 0 Å². The van der Waals surface area contributed by atoms with Crippen molar-refractivity contribution in [1.82, 2.24) is 5.32 Å². The molecule has 14 heavy (non-hydrogen) atoms. The summed E-state index contributed by atoms with van der Waals surface area (Å²) in [6.07, 6.45) is 3.72. The minimum Gasteiger partial charge on any atom is -0.319 e. The molecule has 0 aromatic carbocycles. The number of rotatable bonds is 6. The lowest BCUT2D eigenvalue weighted by Gasteiger charge is -2.08. The highest BCUT2D eigenvalue weighted by Gasteiger charge is 2.03. The zero-order chi connectivity index (χ0) is 10.4. The molecule has 80 valence electrons. The molecule has 1 nitrogen and oxygen atoms in total. The van der Waals surface area contributed by atoms with E-state index in [4.69, 9.17) is 0 Å². The van der Waals surface area contributed by atoms with Gasteiger partial charge in [-0.2, -0.15) is 0 Å². The fourth-order valence-electron chi connectivity index (χ4n) is 1.59. The molecule has 1 aromatic rings. The monoisotopic (exact) mass is 211 g/mol. The van der Waals surface area contributed by atoms with Crippen LogP contribution in [0.15, 0.2) is 12.1 Å². The van der Waals surface area contributed by atoms with E-state index in [0.717, 1.165) is 12.5 Å². The highest BCUT2D eigenvalue weighted by atomic mass is 32.1. The minimum atomic E-state index is 0.784. The minimum absolute atomic E-state index is 0.784. The van der Waals surface area contributed by atoms with Crippen molar-refractivity contribution in [3.63, 3.8) is 0 Å². The van der Waals surface area contributed by atoms with Crippen molar-refractivity contribution in [1.29, 1.82) is 0 Å². The average molecular weight is 211 g/mol. The number of hydrogen-bond acceptors (Lipinski definition) is 2. The van der Waals surface area contributed by atoms with E-state index >= 15 is 0 Å². The molecule has 0 bridgehead atoms. The number of nitrogens with one attached hydrogen (secondary N) is 1. The van der Waals surface area contributed by atoms with Crippen LogP contribution in [-0.4, -0.2) is 13.6 Å². The van der Waals surface area contributed by atoms with Crippen molar-refractivity contribution in [2.75, 3.05) is 13.6 Å².